The maximum absolute atomic E-state index is 13.4. The van der Waals surface area contributed by atoms with Gasteiger partial charge < -0.3 is 10.3 Å². The lowest BCUT2D eigenvalue weighted by atomic mass is 10.1. The number of aromatic nitrogens is 2. The van der Waals surface area contributed by atoms with Crippen LogP contribution in [-0.4, -0.2) is 9.55 Å². The third kappa shape index (κ3) is 4.77. The van der Waals surface area contributed by atoms with Crippen molar-refractivity contribution >= 4 is 45.3 Å². The van der Waals surface area contributed by atoms with Gasteiger partial charge in [0.05, 0.1) is 22.2 Å². The highest BCUT2D eigenvalue weighted by molar-refractivity contribution is 9.10. The van der Waals surface area contributed by atoms with Crippen molar-refractivity contribution in [3.8, 4) is 0 Å². The fraction of sp³-hybridized carbons (Fsp3) is 0.235. The lowest BCUT2D eigenvalue weighted by Gasteiger charge is -2.15. The number of nitrogens with two attached hydrogens (primary N) is 1. The Labute approximate surface area is 174 Å². The van der Waals surface area contributed by atoms with Crippen LogP contribution in [0.5, 0.6) is 0 Å². The standard InChI is InChI=1S/C17H11BrF7N3.ClH/c18-12-7-10(19)2-1-8(12)3-4-28-14-11(17(23,24)25)5-9(16(20,21)22)6-13(14)27-15(28)26;/h1-2,5-7H,3-4H2,(H2,26,27);1H. The number of fused-ring (bicyclic) bond motifs is 1. The number of benzene rings is 2. The largest absolute Gasteiger partial charge is 0.418 e. The molecular formula is C17H12BrClF7N3. The topological polar surface area (TPSA) is 43.8 Å². The second kappa shape index (κ2) is 8.02. The minimum absolute atomic E-state index is 0. The third-order valence-corrected chi connectivity index (χ3v) is 4.86. The molecule has 0 bridgehead atoms. The smallest absolute Gasteiger partial charge is 0.369 e. The van der Waals surface area contributed by atoms with Gasteiger partial charge in [-0.15, -0.1) is 12.4 Å². The van der Waals surface area contributed by atoms with Gasteiger partial charge in [-0.05, 0) is 36.2 Å². The van der Waals surface area contributed by atoms with Gasteiger partial charge in [-0.25, -0.2) is 9.37 Å². The number of anilines is 1. The maximum Gasteiger partial charge on any atom is 0.418 e. The van der Waals surface area contributed by atoms with E-state index < -0.39 is 40.3 Å². The Kier molecular flexibility index (Phi) is 6.43. The van der Waals surface area contributed by atoms with E-state index in [2.05, 4.69) is 20.9 Å². The average Bonchev–Trinajstić information content (AvgIpc) is 2.86. The predicted molar refractivity (Wildman–Crippen MR) is 99.2 cm³/mol. The molecule has 0 unspecified atom stereocenters. The second-order valence-electron chi connectivity index (χ2n) is 5.99. The highest BCUT2D eigenvalue weighted by Crippen LogP contribution is 2.40. The molecule has 1 heterocycles. The fourth-order valence-corrected chi connectivity index (χ4v) is 3.40. The van der Waals surface area contributed by atoms with Gasteiger partial charge in [-0.1, -0.05) is 22.0 Å². The average molecular weight is 507 g/mol. The lowest BCUT2D eigenvalue weighted by Crippen LogP contribution is -2.14. The van der Waals surface area contributed by atoms with Crippen LogP contribution in [0.1, 0.15) is 16.7 Å². The van der Waals surface area contributed by atoms with Crippen molar-refractivity contribution in [2.75, 3.05) is 5.73 Å². The summed E-state index contributed by atoms with van der Waals surface area (Å²) in [6, 6.07) is 4.41. The Morgan fingerprint density at radius 3 is 2.21 bits per heavy atom. The molecule has 0 fully saturated rings. The monoisotopic (exact) mass is 505 g/mol. The highest BCUT2D eigenvalue weighted by Gasteiger charge is 2.39. The maximum atomic E-state index is 13.4. The Morgan fingerprint density at radius 1 is 1.00 bits per heavy atom. The van der Waals surface area contributed by atoms with Crippen LogP contribution in [0.2, 0.25) is 0 Å². The van der Waals surface area contributed by atoms with Gasteiger partial charge in [0.2, 0.25) is 5.95 Å². The molecule has 2 N–H and O–H groups in total. The summed E-state index contributed by atoms with van der Waals surface area (Å²) in [5.41, 5.74) is 2.30. The number of hydrogen-bond acceptors (Lipinski definition) is 2. The van der Waals surface area contributed by atoms with E-state index >= 15 is 0 Å². The summed E-state index contributed by atoms with van der Waals surface area (Å²) < 4.78 is 93.8. The second-order valence-corrected chi connectivity index (χ2v) is 6.85. The number of alkyl halides is 6. The number of nitrogens with zero attached hydrogens (tertiary/aromatic N) is 2. The number of hydrogen-bond donors (Lipinski definition) is 1. The van der Waals surface area contributed by atoms with Crippen LogP contribution in [0.4, 0.5) is 36.7 Å². The Balaban J connectivity index is 0.00000300. The van der Waals surface area contributed by atoms with E-state index in [0.29, 0.717) is 16.1 Å². The molecule has 3 nitrogen and oxygen atoms in total. The number of aryl methyl sites for hydroxylation is 2. The molecule has 3 rings (SSSR count). The highest BCUT2D eigenvalue weighted by atomic mass is 79.9. The molecule has 3 aromatic rings. The van der Waals surface area contributed by atoms with Gasteiger partial charge in [0.25, 0.3) is 0 Å². The van der Waals surface area contributed by atoms with E-state index in [1.807, 2.05) is 0 Å². The van der Waals surface area contributed by atoms with E-state index in [1.165, 1.54) is 18.2 Å². The van der Waals surface area contributed by atoms with Crippen molar-refractivity contribution in [3.63, 3.8) is 0 Å². The van der Waals surface area contributed by atoms with Gasteiger partial charge in [0.15, 0.2) is 0 Å². The molecular weight excluding hydrogens is 495 g/mol. The first-order chi connectivity index (χ1) is 12.9. The molecule has 1 aromatic heterocycles. The molecule has 0 aliphatic heterocycles. The summed E-state index contributed by atoms with van der Waals surface area (Å²) in [6.45, 7) is -0.0962. The first-order valence-corrected chi connectivity index (χ1v) is 8.55. The van der Waals surface area contributed by atoms with Crippen LogP contribution < -0.4 is 5.73 Å². The summed E-state index contributed by atoms with van der Waals surface area (Å²) in [4.78, 5) is 3.68. The van der Waals surface area contributed by atoms with Crippen molar-refractivity contribution in [1.29, 1.82) is 0 Å². The molecule has 12 heteroatoms. The quantitative estimate of drug-likeness (QED) is 0.429. The van der Waals surface area contributed by atoms with Crippen molar-refractivity contribution in [2.45, 2.75) is 25.3 Å². The van der Waals surface area contributed by atoms with Gasteiger partial charge in [-0.2, -0.15) is 26.3 Å². The molecule has 0 radical (unpaired) electrons. The minimum Gasteiger partial charge on any atom is -0.369 e. The van der Waals surface area contributed by atoms with E-state index in [4.69, 9.17) is 5.73 Å². The van der Waals surface area contributed by atoms with Crippen LogP contribution in [-0.2, 0) is 25.3 Å². The SMILES string of the molecule is Cl.Nc1nc2cc(C(F)(F)F)cc(C(F)(F)F)c2n1CCc1ccc(F)cc1Br. The van der Waals surface area contributed by atoms with Crippen LogP contribution in [0.15, 0.2) is 34.8 Å². The number of rotatable bonds is 3. The van der Waals surface area contributed by atoms with Crippen LogP contribution >= 0.6 is 28.3 Å². The van der Waals surface area contributed by atoms with Crippen molar-refractivity contribution < 1.29 is 30.7 Å². The molecule has 2 aromatic carbocycles. The molecule has 0 saturated carbocycles. The van der Waals surface area contributed by atoms with Gasteiger partial charge in [0.1, 0.15) is 5.82 Å². The normalized spacial score (nSPS) is 12.3. The van der Waals surface area contributed by atoms with Crippen LogP contribution in [0, 0.1) is 5.82 Å². The summed E-state index contributed by atoms with van der Waals surface area (Å²) in [5.74, 6) is -0.847. The number of imidazole rings is 1. The molecule has 29 heavy (non-hydrogen) atoms. The van der Waals surface area contributed by atoms with E-state index in [1.54, 1.807) is 0 Å². The Bertz CT molecular complexity index is 1040. The first kappa shape index (κ1) is 23.3. The number of halogens is 9. The summed E-state index contributed by atoms with van der Waals surface area (Å²) in [7, 11) is 0. The Hall–Kier alpha value is -2.01. The summed E-state index contributed by atoms with van der Waals surface area (Å²) >= 11 is 3.16. The van der Waals surface area contributed by atoms with Crippen LogP contribution in [0.3, 0.4) is 0 Å². The van der Waals surface area contributed by atoms with Crippen molar-refractivity contribution in [1.82, 2.24) is 9.55 Å². The molecule has 0 aliphatic carbocycles. The number of nitrogen functional groups attached to an aromatic ring is 1. The molecule has 0 aliphatic rings. The molecule has 0 amide bonds. The molecule has 0 spiro atoms. The lowest BCUT2D eigenvalue weighted by molar-refractivity contribution is -0.142. The molecule has 0 saturated heterocycles. The summed E-state index contributed by atoms with van der Waals surface area (Å²) in [6.07, 6.45) is -9.86. The minimum atomic E-state index is -5.04. The van der Waals surface area contributed by atoms with E-state index in [9.17, 15) is 30.7 Å². The van der Waals surface area contributed by atoms with Gasteiger partial charge >= 0.3 is 12.4 Å². The Morgan fingerprint density at radius 2 is 1.66 bits per heavy atom. The predicted octanol–water partition coefficient (Wildman–Crippen LogP) is 6.22. The third-order valence-electron chi connectivity index (χ3n) is 4.12. The van der Waals surface area contributed by atoms with E-state index in [-0.39, 0.29) is 37.4 Å². The van der Waals surface area contributed by atoms with Gasteiger partial charge in [-0.3, -0.25) is 0 Å². The van der Waals surface area contributed by atoms with E-state index in [0.717, 1.165) is 4.57 Å². The molecule has 0 atom stereocenters. The van der Waals surface area contributed by atoms with Crippen molar-refractivity contribution in [2.24, 2.45) is 0 Å². The first-order valence-electron chi connectivity index (χ1n) is 7.76. The fourth-order valence-electron chi connectivity index (χ4n) is 2.85. The zero-order valence-corrected chi connectivity index (χ0v) is 16.6. The zero-order valence-electron chi connectivity index (χ0n) is 14.2. The van der Waals surface area contributed by atoms with Gasteiger partial charge in [0, 0.05) is 11.0 Å². The summed E-state index contributed by atoms with van der Waals surface area (Å²) in [5, 5.41) is 0. The van der Waals surface area contributed by atoms with Crippen LogP contribution in [0.25, 0.3) is 11.0 Å². The molecule has 158 valence electrons. The zero-order chi connectivity index (χ0) is 20.9. The van der Waals surface area contributed by atoms with Crippen molar-refractivity contribution in [3.05, 3.63) is 57.3 Å².